The van der Waals surface area contributed by atoms with Crippen molar-refractivity contribution < 1.29 is 4.74 Å². The SMILES string of the molecule is Cc1ccc2nc(CSCCOc3ccccc3Cl)cc(=O)n2c1. The van der Waals surface area contributed by atoms with Gasteiger partial charge in [-0.25, -0.2) is 4.98 Å². The van der Waals surface area contributed by atoms with Gasteiger partial charge in [0.15, 0.2) is 0 Å². The number of aromatic nitrogens is 2. The summed E-state index contributed by atoms with van der Waals surface area (Å²) >= 11 is 7.71. The molecule has 24 heavy (non-hydrogen) atoms. The normalized spacial score (nSPS) is 10.9. The van der Waals surface area contributed by atoms with Crippen LogP contribution in [0.5, 0.6) is 5.75 Å². The standard InChI is InChI=1S/C18H17ClN2O2S/c1-13-6-7-17-20-14(10-18(22)21(17)11-13)12-24-9-8-23-16-5-3-2-4-15(16)19/h2-7,10-11H,8-9,12H2,1H3. The fraction of sp³-hybridized carbons (Fsp3) is 0.222. The Morgan fingerprint density at radius 1 is 1.25 bits per heavy atom. The maximum absolute atomic E-state index is 12.1. The highest BCUT2D eigenvalue weighted by molar-refractivity contribution is 7.98. The maximum atomic E-state index is 12.1. The van der Waals surface area contributed by atoms with E-state index in [2.05, 4.69) is 4.98 Å². The van der Waals surface area contributed by atoms with E-state index in [0.29, 0.717) is 28.8 Å². The van der Waals surface area contributed by atoms with Gasteiger partial charge in [-0.3, -0.25) is 9.20 Å². The van der Waals surface area contributed by atoms with E-state index in [9.17, 15) is 4.79 Å². The van der Waals surface area contributed by atoms with Gasteiger partial charge in [0.2, 0.25) is 0 Å². The lowest BCUT2D eigenvalue weighted by Gasteiger charge is -2.08. The number of pyridine rings is 1. The maximum Gasteiger partial charge on any atom is 0.258 e. The average Bonchev–Trinajstić information content (AvgIpc) is 2.57. The van der Waals surface area contributed by atoms with Crippen LogP contribution in [0.1, 0.15) is 11.3 Å². The second kappa shape index (κ2) is 7.73. The summed E-state index contributed by atoms with van der Waals surface area (Å²) in [6, 6.07) is 12.8. The highest BCUT2D eigenvalue weighted by Crippen LogP contribution is 2.23. The molecule has 0 bridgehead atoms. The Labute approximate surface area is 149 Å². The predicted molar refractivity (Wildman–Crippen MR) is 99.3 cm³/mol. The molecule has 3 rings (SSSR count). The molecule has 0 aliphatic heterocycles. The molecule has 0 radical (unpaired) electrons. The molecule has 3 aromatic rings. The van der Waals surface area contributed by atoms with Crippen molar-refractivity contribution >= 4 is 29.0 Å². The Hall–Kier alpha value is -1.98. The van der Waals surface area contributed by atoms with Gasteiger partial charge in [-0.05, 0) is 30.7 Å². The summed E-state index contributed by atoms with van der Waals surface area (Å²) in [6.45, 7) is 2.51. The Morgan fingerprint density at radius 2 is 2.08 bits per heavy atom. The molecule has 1 aromatic carbocycles. The van der Waals surface area contributed by atoms with Crippen LogP contribution in [0, 0.1) is 6.92 Å². The van der Waals surface area contributed by atoms with Crippen molar-refractivity contribution in [3.8, 4) is 5.75 Å². The Balaban J connectivity index is 1.55. The highest BCUT2D eigenvalue weighted by atomic mass is 35.5. The van der Waals surface area contributed by atoms with Crippen LogP contribution in [0.3, 0.4) is 0 Å². The summed E-state index contributed by atoms with van der Waals surface area (Å²) in [5.41, 5.74) is 2.44. The lowest BCUT2D eigenvalue weighted by molar-refractivity contribution is 0.344. The van der Waals surface area contributed by atoms with Crippen molar-refractivity contribution in [2.24, 2.45) is 0 Å². The van der Waals surface area contributed by atoms with Crippen LogP contribution in [0.25, 0.3) is 5.65 Å². The zero-order valence-corrected chi connectivity index (χ0v) is 14.8. The molecule has 0 N–H and O–H groups in total. The van der Waals surface area contributed by atoms with E-state index in [1.807, 2.05) is 37.3 Å². The monoisotopic (exact) mass is 360 g/mol. The van der Waals surface area contributed by atoms with Gasteiger partial charge in [0.25, 0.3) is 5.56 Å². The number of thioether (sulfide) groups is 1. The highest BCUT2D eigenvalue weighted by Gasteiger charge is 2.04. The molecular weight excluding hydrogens is 344 g/mol. The Kier molecular flexibility index (Phi) is 5.43. The summed E-state index contributed by atoms with van der Waals surface area (Å²) in [7, 11) is 0. The summed E-state index contributed by atoms with van der Waals surface area (Å²) < 4.78 is 7.22. The number of rotatable bonds is 6. The van der Waals surface area contributed by atoms with Gasteiger partial charge < -0.3 is 4.74 Å². The molecule has 0 aliphatic rings. The van der Waals surface area contributed by atoms with Crippen LogP contribution in [0.2, 0.25) is 5.02 Å². The minimum absolute atomic E-state index is 0.0494. The molecule has 0 spiro atoms. The largest absolute Gasteiger partial charge is 0.491 e. The van der Waals surface area contributed by atoms with Crippen molar-refractivity contribution in [1.29, 1.82) is 0 Å². The van der Waals surface area contributed by atoms with Gasteiger partial charge in [-0.15, -0.1) is 0 Å². The minimum atomic E-state index is -0.0494. The van der Waals surface area contributed by atoms with E-state index >= 15 is 0 Å². The first kappa shape index (κ1) is 16.9. The summed E-state index contributed by atoms with van der Waals surface area (Å²) in [5, 5.41) is 0.613. The van der Waals surface area contributed by atoms with Crippen molar-refractivity contribution in [3.05, 3.63) is 75.3 Å². The van der Waals surface area contributed by atoms with Crippen LogP contribution in [-0.4, -0.2) is 21.7 Å². The van der Waals surface area contributed by atoms with Gasteiger partial charge in [0, 0.05) is 23.8 Å². The van der Waals surface area contributed by atoms with E-state index in [4.69, 9.17) is 16.3 Å². The van der Waals surface area contributed by atoms with Crippen LogP contribution < -0.4 is 10.3 Å². The average molecular weight is 361 g/mol. The predicted octanol–water partition coefficient (Wildman–Crippen LogP) is 3.97. The fourth-order valence-electron chi connectivity index (χ4n) is 2.28. The molecule has 0 unspecified atom stereocenters. The van der Waals surface area contributed by atoms with Crippen molar-refractivity contribution in [2.75, 3.05) is 12.4 Å². The smallest absolute Gasteiger partial charge is 0.258 e. The molecule has 0 saturated carbocycles. The number of halogens is 1. The van der Waals surface area contributed by atoms with E-state index in [1.165, 1.54) is 0 Å². The Morgan fingerprint density at radius 3 is 2.92 bits per heavy atom. The van der Waals surface area contributed by atoms with Gasteiger partial charge >= 0.3 is 0 Å². The van der Waals surface area contributed by atoms with Gasteiger partial charge in [0.1, 0.15) is 11.4 Å². The number of benzene rings is 1. The third kappa shape index (κ3) is 4.10. The summed E-state index contributed by atoms with van der Waals surface area (Å²) in [5.74, 6) is 2.16. The van der Waals surface area contributed by atoms with Crippen molar-refractivity contribution in [3.63, 3.8) is 0 Å². The zero-order chi connectivity index (χ0) is 16.9. The first-order valence-corrected chi connectivity index (χ1v) is 9.11. The topological polar surface area (TPSA) is 43.6 Å². The molecule has 0 amide bonds. The molecule has 0 fully saturated rings. The van der Waals surface area contributed by atoms with Gasteiger partial charge in [-0.2, -0.15) is 11.8 Å². The van der Waals surface area contributed by atoms with Crippen LogP contribution in [-0.2, 0) is 5.75 Å². The first-order valence-electron chi connectivity index (χ1n) is 7.57. The molecule has 2 heterocycles. The van der Waals surface area contributed by atoms with E-state index in [1.54, 1.807) is 34.5 Å². The van der Waals surface area contributed by atoms with E-state index < -0.39 is 0 Å². The lowest BCUT2D eigenvalue weighted by atomic mass is 10.3. The quantitative estimate of drug-likeness (QED) is 0.624. The Bertz CT molecular complexity index is 911. The van der Waals surface area contributed by atoms with Crippen molar-refractivity contribution in [2.45, 2.75) is 12.7 Å². The number of aryl methyl sites for hydroxylation is 1. The van der Waals surface area contributed by atoms with Crippen molar-refractivity contribution in [1.82, 2.24) is 9.38 Å². The molecule has 0 saturated heterocycles. The molecule has 2 aromatic heterocycles. The second-order valence-corrected chi connectivity index (χ2v) is 6.86. The molecular formula is C18H17ClN2O2S. The van der Waals surface area contributed by atoms with Gasteiger partial charge in [0.05, 0.1) is 17.3 Å². The van der Waals surface area contributed by atoms with E-state index in [0.717, 1.165) is 17.0 Å². The number of hydrogen-bond acceptors (Lipinski definition) is 4. The lowest BCUT2D eigenvalue weighted by Crippen LogP contribution is -2.15. The fourth-order valence-corrected chi connectivity index (χ4v) is 3.17. The minimum Gasteiger partial charge on any atom is -0.491 e. The summed E-state index contributed by atoms with van der Waals surface area (Å²) in [6.07, 6.45) is 1.80. The number of nitrogens with zero attached hydrogens (tertiary/aromatic N) is 2. The number of para-hydroxylation sites is 1. The molecule has 6 heteroatoms. The third-order valence-corrected chi connectivity index (χ3v) is 4.70. The van der Waals surface area contributed by atoms with Crippen LogP contribution in [0.15, 0.2) is 53.5 Å². The molecule has 0 atom stereocenters. The molecule has 124 valence electrons. The van der Waals surface area contributed by atoms with Gasteiger partial charge in [-0.1, -0.05) is 29.8 Å². The van der Waals surface area contributed by atoms with E-state index in [-0.39, 0.29) is 5.56 Å². The number of ether oxygens (including phenoxy) is 1. The second-order valence-electron chi connectivity index (χ2n) is 5.35. The van der Waals surface area contributed by atoms with Crippen LogP contribution in [0.4, 0.5) is 0 Å². The summed E-state index contributed by atoms with van der Waals surface area (Å²) in [4.78, 5) is 16.7. The first-order chi connectivity index (χ1) is 11.6. The molecule has 4 nitrogen and oxygen atoms in total. The molecule has 0 aliphatic carbocycles. The number of fused-ring (bicyclic) bond motifs is 1. The van der Waals surface area contributed by atoms with Crippen LogP contribution >= 0.6 is 23.4 Å². The number of hydrogen-bond donors (Lipinski definition) is 0. The third-order valence-electron chi connectivity index (χ3n) is 3.43. The zero-order valence-electron chi connectivity index (χ0n) is 13.2.